The Hall–Kier alpha value is 0.0169. The quantitative estimate of drug-likeness (QED) is 0.332. The molecule has 0 aromatic heterocycles. The molecule has 0 atom stereocenters. The zero-order chi connectivity index (χ0) is 5.11. The van der Waals surface area contributed by atoms with Crippen LogP contribution in [0.15, 0.2) is 0 Å². The van der Waals surface area contributed by atoms with Gasteiger partial charge in [0.25, 0.3) is 0 Å². The molecule has 1 rings (SSSR count). The topological polar surface area (TPSA) is 0 Å². The van der Waals surface area contributed by atoms with Gasteiger partial charge in [-0.15, -0.1) is 0 Å². The summed E-state index contributed by atoms with van der Waals surface area (Å²) in [5, 5.41) is 0. The van der Waals surface area contributed by atoms with Crippen molar-refractivity contribution >= 4 is 14.4 Å². The molecule has 40 valence electrons. The van der Waals surface area contributed by atoms with Crippen LogP contribution in [0.2, 0.25) is 6.04 Å². The van der Waals surface area contributed by atoms with Crippen molar-refractivity contribution in [1.82, 2.24) is 0 Å². The third kappa shape index (κ3) is 1.51. The minimum atomic E-state index is -1.42. The first kappa shape index (κ1) is 5.16. The van der Waals surface area contributed by atoms with E-state index in [9.17, 15) is 4.11 Å². The van der Waals surface area contributed by atoms with Gasteiger partial charge >= 0.3 is 0 Å². The second-order valence-electron chi connectivity index (χ2n) is 1.90. The fraction of sp³-hybridized carbons (Fsp3) is 0.800. The number of rotatable bonds is 0. The predicted molar refractivity (Wildman–Crippen MR) is 31.6 cm³/mol. The first-order valence-corrected chi connectivity index (χ1v) is 4.40. The standard InChI is InChI=1S/C5H9FSi/c6-7-4-2-1-3-5-7/h4H,1-3,5H2. The average molecular weight is 116 g/mol. The summed E-state index contributed by atoms with van der Waals surface area (Å²) in [4.78, 5) is 0. The molecule has 0 unspecified atom stereocenters. The van der Waals surface area contributed by atoms with E-state index >= 15 is 0 Å². The molecule has 1 heterocycles. The van der Waals surface area contributed by atoms with Crippen LogP contribution in [0, 0.1) is 0 Å². The van der Waals surface area contributed by atoms with Crippen LogP contribution in [0.3, 0.4) is 0 Å². The zero-order valence-electron chi connectivity index (χ0n) is 4.28. The summed E-state index contributed by atoms with van der Waals surface area (Å²) in [7, 11) is -1.42. The summed E-state index contributed by atoms with van der Waals surface area (Å²) in [6.07, 6.45) is 3.38. The summed E-state index contributed by atoms with van der Waals surface area (Å²) in [5.41, 5.74) is 1.87. The van der Waals surface area contributed by atoms with Gasteiger partial charge in [0, 0.05) is 0 Å². The molecule has 0 nitrogen and oxygen atoms in total. The first-order valence-electron chi connectivity index (χ1n) is 2.74. The van der Waals surface area contributed by atoms with Crippen molar-refractivity contribution in [2.24, 2.45) is 0 Å². The van der Waals surface area contributed by atoms with Crippen molar-refractivity contribution in [3.8, 4) is 0 Å². The van der Waals surface area contributed by atoms with E-state index in [-0.39, 0.29) is 0 Å². The SMILES string of the molecule is F[Si]1=CCCCC1. The van der Waals surface area contributed by atoms with E-state index in [0.29, 0.717) is 0 Å². The average Bonchev–Trinajstić information content (AvgIpc) is 1.69. The van der Waals surface area contributed by atoms with Gasteiger partial charge < -0.3 is 0 Å². The lowest BCUT2D eigenvalue weighted by Gasteiger charge is -2.00. The Morgan fingerprint density at radius 1 is 1.43 bits per heavy atom. The maximum absolute atomic E-state index is 12.2. The molecule has 0 amide bonds. The molecular weight excluding hydrogens is 107 g/mol. The van der Waals surface area contributed by atoms with E-state index in [1.807, 2.05) is 5.67 Å². The Kier molecular flexibility index (Phi) is 1.74. The molecular formula is C5H9FSi. The van der Waals surface area contributed by atoms with Crippen LogP contribution in [0.5, 0.6) is 0 Å². The highest BCUT2D eigenvalue weighted by Crippen LogP contribution is 2.05. The molecule has 7 heavy (non-hydrogen) atoms. The van der Waals surface area contributed by atoms with Gasteiger partial charge in [0.05, 0.1) is 0 Å². The minimum absolute atomic E-state index is 0.866. The lowest BCUT2D eigenvalue weighted by atomic mass is 10.3. The Labute approximate surface area is 44.8 Å². The molecule has 2 heteroatoms. The van der Waals surface area contributed by atoms with Crippen molar-refractivity contribution in [3.63, 3.8) is 0 Å². The minimum Gasteiger partial charge on any atom is -0.284 e. The van der Waals surface area contributed by atoms with Gasteiger partial charge in [-0.3, -0.25) is 4.11 Å². The molecule has 1 aliphatic heterocycles. The van der Waals surface area contributed by atoms with Gasteiger partial charge in [0.15, 0.2) is 0 Å². The van der Waals surface area contributed by atoms with Gasteiger partial charge in [-0.25, -0.2) is 0 Å². The van der Waals surface area contributed by atoms with Crippen LogP contribution in [0.25, 0.3) is 0 Å². The fourth-order valence-corrected chi connectivity index (χ4v) is 2.11. The Bertz CT molecular complexity index is 88.1. The second kappa shape index (κ2) is 2.36. The van der Waals surface area contributed by atoms with Gasteiger partial charge in [0.2, 0.25) is 8.74 Å². The number of halogens is 1. The number of hydrogen-bond acceptors (Lipinski definition) is 0. The monoisotopic (exact) mass is 116 g/mol. The van der Waals surface area contributed by atoms with Crippen molar-refractivity contribution in [2.45, 2.75) is 25.3 Å². The Balaban J connectivity index is 2.40. The van der Waals surface area contributed by atoms with Crippen LogP contribution >= 0.6 is 0 Å². The third-order valence-corrected chi connectivity index (χ3v) is 2.80. The largest absolute Gasteiger partial charge is 0.284 e. The van der Waals surface area contributed by atoms with Crippen LogP contribution in [0.4, 0.5) is 4.11 Å². The molecule has 0 N–H and O–H groups in total. The number of hydrogen-bond donors (Lipinski definition) is 0. The summed E-state index contributed by atoms with van der Waals surface area (Å²) < 4.78 is 12.2. The Morgan fingerprint density at radius 3 is 2.57 bits per heavy atom. The summed E-state index contributed by atoms with van der Waals surface area (Å²) >= 11 is 0. The second-order valence-corrected chi connectivity index (χ2v) is 3.70. The van der Waals surface area contributed by atoms with Crippen molar-refractivity contribution < 1.29 is 4.11 Å². The van der Waals surface area contributed by atoms with Gasteiger partial charge in [0.1, 0.15) is 0 Å². The summed E-state index contributed by atoms with van der Waals surface area (Å²) in [6.45, 7) is 0. The van der Waals surface area contributed by atoms with Crippen LogP contribution in [0.1, 0.15) is 19.3 Å². The maximum Gasteiger partial charge on any atom is 0.226 e. The highest BCUT2D eigenvalue weighted by atomic mass is 28.3. The molecule has 0 saturated carbocycles. The zero-order valence-corrected chi connectivity index (χ0v) is 5.28. The van der Waals surface area contributed by atoms with Crippen LogP contribution in [-0.4, -0.2) is 14.4 Å². The van der Waals surface area contributed by atoms with E-state index < -0.39 is 8.74 Å². The fourth-order valence-electron chi connectivity index (χ4n) is 0.799. The van der Waals surface area contributed by atoms with Gasteiger partial charge in [-0.2, -0.15) is 0 Å². The van der Waals surface area contributed by atoms with Gasteiger partial charge in [-0.1, -0.05) is 18.5 Å². The maximum atomic E-state index is 12.2. The molecule has 0 bridgehead atoms. The highest BCUT2D eigenvalue weighted by Gasteiger charge is 2.01. The van der Waals surface area contributed by atoms with Crippen LogP contribution < -0.4 is 0 Å². The Morgan fingerprint density at radius 2 is 2.29 bits per heavy atom. The molecule has 0 radical (unpaired) electrons. The van der Waals surface area contributed by atoms with E-state index in [1.54, 1.807) is 0 Å². The van der Waals surface area contributed by atoms with E-state index in [0.717, 1.165) is 18.9 Å². The lowest BCUT2D eigenvalue weighted by Crippen LogP contribution is -2.02. The van der Waals surface area contributed by atoms with Gasteiger partial charge in [-0.05, 0) is 12.5 Å². The normalized spacial score (nSPS) is 21.6. The molecule has 0 spiro atoms. The van der Waals surface area contributed by atoms with Crippen molar-refractivity contribution in [2.75, 3.05) is 0 Å². The molecule has 0 aromatic rings. The lowest BCUT2D eigenvalue weighted by molar-refractivity contribution is 0.768. The molecule has 1 aliphatic rings. The van der Waals surface area contributed by atoms with E-state index in [2.05, 4.69) is 0 Å². The van der Waals surface area contributed by atoms with Crippen molar-refractivity contribution in [1.29, 1.82) is 0 Å². The van der Waals surface area contributed by atoms with Crippen molar-refractivity contribution in [3.05, 3.63) is 0 Å². The van der Waals surface area contributed by atoms with E-state index in [1.165, 1.54) is 6.42 Å². The molecule has 0 fully saturated rings. The van der Waals surface area contributed by atoms with E-state index in [4.69, 9.17) is 0 Å². The summed E-state index contributed by atoms with van der Waals surface area (Å²) in [5.74, 6) is 0. The summed E-state index contributed by atoms with van der Waals surface area (Å²) in [6, 6.07) is 0.866. The molecule has 0 saturated heterocycles. The third-order valence-electron chi connectivity index (χ3n) is 1.24. The first-order chi connectivity index (χ1) is 3.39. The highest BCUT2D eigenvalue weighted by molar-refractivity contribution is 6.59. The predicted octanol–water partition coefficient (Wildman–Crippen LogP) is 1.52. The smallest absolute Gasteiger partial charge is 0.226 e. The molecule has 0 aliphatic carbocycles. The van der Waals surface area contributed by atoms with Crippen LogP contribution in [-0.2, 0) is 0 Å². The molecule has 0 aromatic carbocycles.